The summed E-state index contributed by atoms with van der Waals surface area (Å²) < 4.78 is 0. The summed E-state index contributed by atoms with van der Waals surface area (Å²) in [4.78, 5) is 22.2. The van der Waals surface area contributed by atoms with Gasteiger partial charge in [-0.25, -0.2) is 0 Å². The molecule has 0 saturated heterocycles. The van der Waals surface area contributed by atoms with Gasteiger partial charge in [-0.3, -0.25) is 9.59 Å². The molecule has 0 aliphatic carbocycles. The molecule has 0 unspecified atom stereocenters. The van der Waals surface area contributed by atoms with Gasteiger partial charge in [-0.1, -0.05) is 12.1 Å². The summed E-state index contributed by atoms with van der Waals surface area (Å²) >= 11 is 0. The molecular weight excluding hydrogens is 218 g/mol. The van der Waals surface area contributed by atoms with Crippen molar-refractivity contribution in [2.75, 3.05) is 20.6 Å². The monoisotopic (exact) mass is 235 g/mol. The van der Waals surface area contributed by atoms with E-state index in [0.29, 0.717) is 12.1 Å². The van der Waals surface area contributed by atoms with Crippen LogP contribution in [0.15, 0.2) is 24.3 Å². The first-order valence-corrected chi connectivity index (χ1v) is 5.39. The number of hydrogen-bond donors (Lipinski definition) is 3. The predicted octanol–water partition coefficient (Wildman–Crippen LogP) is -0.118. The molecule has 1 aromatic rings. The van der Waals surface area contributed by atoms with Crippen molar-refractivity contribution in [1.82, 2.24) is 16.0 Å². The molecule has 0 heterocycles. The Morgan fingerprint density at radius 1 is 1.06 bits per heavy atom. The smallest absolute Gasteiger partial charge is 0.251 e. The van der Waals surface area contributed by atoms with Crippen LogP contribution in [0.4, 0.5) is 0 Å². The van der Waals surface area contributed by atoms with Crippen LogP contribution in [-0.2, 0) is 11.3 Å². The van der Waals surface area contributed by atoms with Gasteiger partial charge < -0.3 is 16.0 Å². The van der Waals surface area contributed by atoms with E-state index in [9.17, 15) is 9.59 Å². The first kappa shape index (κ1) is 13.2. The van der Waals surface area contributed by atoms with Crippen molar-refractivity contribution in [1.29, 1.82) is 0 Å². The summed E-state index contributed by atoms with van der Waals surface area (Å²) in [5.41, 5.74) is 1.66. The van der Waals surface area contributed by atoms with Crippen LogP contribution in [-0.4, -0.2) is 32.5 Å². The molecule has 0 fully saturated rings. The van der Waals surface area contributed by atoms with Crippen LogP contribution in [0.1, 0.15) is 15.9 Å². The minimum Gasteiger partial charge on any atom is -0.358 e. The van der Waals surface area contributed by atoms with Crippen LogP contribution in [0.5, 0.6) is 0 Å². The van der Waals surface area contributed by atoms with E-state index in [0.717, 1.165) is 5.56 Å². The minimum absolute atomic E-state index is 0.0491. The first-order chi connectivity index (χ1) is 8.17. The van der Waals surface area contributed by atoms with E-state index in [1.54, 1.807) is 26.2 Å². The van der Waals surface area contributed by atoms with Crippen LogP contribution in [0.25, 0.3) is 0 Å². The van der Waals surface area contributed by atoms with Crippen molar-refractivity contribution in [3.63, 3.8) is 0 Å². The largest absolute Gasteiger partial charge is 0.358 e. The second kappa shape index (κ2) is 6.65. The molecule has 3 N–H and O–H groups in total. The number of rotatable bonds is 5. The number of nitrogens with one attached hydrogen (secondary N) is 3. The van der Waals surface area contributed by atoms with Gasteiger partial charge >= 0.3 is 0 Å². The third-order valence-corrected chi connectivity index (χ3v) is 2.34. The maximum Gasteiger partial charge on any atom is 0.251 e. The van der Waals surface area contributed by atoms with E-state index in [4.69, 9.17) is 0 Å². The molecule has 0 radical (unpaired) electrons. The highest BCUT2D eigenvalue weighted by molar-refractivity contribution is 5.93. The van der Waals surface area contributed by atoms with Gasteiger partial charge in [-0.15, -0.1) is 0 Å². The fraction of sp³-hybridized carbons (Fsp3) is 0.333. The highest BCUT2D eigenvalue weighted by Crippen LogP contribution is 2.03. The Labute approximate surface area is 101 Å². The van der Waals surface area contributed by atoms with E-state index in [1.165, 1.54) is 0 Å². The fourth-order valence-electron chi connectivity index (χ4n) is 1.33. The topological polar surface area (TPSA) is 70.2 Å². The number of benzene rings is 1. The Balaban J connectivity index is 2.46. The number of carbonyl (C=O) groups excluding carboxylic acids is 2. The number of carbonyl (C=O) groups is 2. The summed E-state index contributed by atoms with van der Waals surface area (Å²) in [6, 6.07) is 7.24. The quantitative estimate of drug-likeness (QED) is 0.666. The van der Waals surface area contributed by atoms with Gasteiger partial charge in [-0.2, -0.15) is 0 Å². The van der Waals surface area contributed by atoms with Gasteiger partial charge in [0.1, 0.15) is 0 Å². The molecule has 0 bridgehead atoms. The molecule has 0 aromatic heterocycles. The molecule has 0 spiro atoms. The molecule has 2 amide bonds. The zero-order chi connectivity index (χ0) is 12.7. The zero-order valence-electron chi connectivity index (χ0n) is 10.0. The van der Waals surface area contributed by atoms with Gasteiger partial charge in [0, 0.05) is 26.2 Å². The second-order valence-corrected chi connectivity index (χ2v) is 3.55. The average molecular weight is 235 g/mol. The lowest BCUT2D eigenvalue weighted by molar-refractivity contribution is -0.119. The molecule has 1 rings (SSSR count). The van der Waals surface area contributed by atoms with Gasteiger partial charge in [0.15, 0.2) is 0 Å². The molecule has 0 aliphatic heterocycles. The summed E-state index contributed by atoms with van der Waals surface area (Å²) in [5, 5.41) is 8.09. The highest BCUT2D eigenvalue weighted by Gasteiger charge is 2.02. The molecule has 5 heteroatoms. The van der Waals surface area contributed by atoms with Crippen molar-refractivity contribution in [2.24, 2.45) is 0 Å². The van der Waals surface area contributed by atoms with Crippen LogP contribution < -0.4 is 16.0 Å². The third kappa shape index (κ3) is 4.24. The Bertz CT molecular complexity index is 387. The standard InChI is InChI=1S/C12H17N3O2/c1-13-11(16)8-15-7-9-3-5-10(6-4-9)12(17)14-2/h3-6,15H,7-8H2,1-2H3,(H,13,16)(H,14,17). The molecular formula is C12H17N3O2. The fourth-order valence-corrected chi connectivity index (χ4v) is 1.33. The van der Waals surface area contributed by atoms with Crippen LogP contribution in [0, 0.1) is 0 Å². The second-order valence-electron chi connectivity index (χ2n) is 3.55. The number of amides is 2. The number of likely N-dealkylation sites (N-methyl/N-ethyl adjacent to an activating group) is 1. The Morgan fingerprint density at radius 2 is 1.71 bits per heavy atom. The molecule has 0 atom stereocenters. The molecule has 0 saturated carbocycles. The van der Waals surface area contributed by atoms with E-state index in [2.05, 4.69) is 16.0 Å². The van der Waals surface area contributed by atoms with E-state index >= 15 is 0 Å². The molecule has 0 aliphatic rings. The first-order valence-electron chi connectivity index (χ1n) is 5.39. The predicted molar refractivity (Wildman–Crippen MR) is 65.6 cm³/mol. The van der Waals surface area contributed by atoms with Crippen molar-refractivity contribution in [3.8, 4) is 0 Å². The van der Waals surface area contributed by atoms with Crippen molar-refractivity contribution in [3.05, 3.63) is 35.4 Å². The summed E-state index contributed by atoms with van der Waals surface area (Å²) in [5.74, 6) is -0.151. The maximum absolute atomic E-state index is 11.3. The van der Waals surface area contributed by atoms with Crippen molar-refractivity contribution >= 4 is 11.8 Å². The molecule has 17 heavy (non-hydrogen) atoms. The SMILES string of the molecule is CNC(=O)CNCc1ccc(C(=O)NC)cc1. The molecule has 1 aromatic carbocycles. The normalized spacial score (nSPS) is 9.76. The molecule has 92 valence electrons. The Hall–Kier alpha value is -1.88. The van der Waals surface area contributed by atoms with Crippen molar-refractivity contribution < 1.29 is 9.59 Å². The summed E-state index contributed by atoms with van der Waals surface area (Å²) in [7, 11) is 3.20. The van der Waals surface area contributed by atoms with Crippen LogP contribution >= 0.6 is 0 Å². The third-order valence-electron chi connectivity index (χ3n) is 2.34. The van der Waals surface area contributed by atoms with E-state index in [1.807, 2.05) is 12.1 Å². The minimum atomic E-state index is -0.102. The average Bonchev–Trinajstić information content (AvgIpc) is 2.38. The zero-order valence-corrected chi connectivity index (χ0v) is 10.0. The maximum atomic E-state index is 11.3. The van der Waals surface area contributed by atoms with Crippen LogP contribution in [0.2, 0.25) is 0 Å². The van der Waals surface area contributed by atoms with Gasteiger partial charge in [-0.05, 0) is 17.7 Å². The van der Waals surface area contributed by atoms with Crippen LogP contribution in [0.3, 0.4) is 0 Å². The molecule has 5 nitrogen and oxygen atoms in total. The lowest BCUT2D eigenvalue weighted by Gasteiger charge is -2.05. The highest BCUT2D eigenvalue weighted by atomic mass is 16.2. The summed E-state index contributed by atoms with van der Waals surface area (Å²) in [6.07, 6.45) is 0. The van der Waals surface area contributed by atoms with E-state index in [-0.39, 0.29) is 18.4 Å². The van der Waals surface area contributed by atoms with Gasteiger partial charge in [0.2, 0.25) is 5.91 Å². The number of hydrogen-bond acceptors (Lipinski definition) is 3. The van der Waals surface area contributed by atoms with E-state index < -0.39 is 0 Å². The van der Waals surface area contributed by atoms with Gasteiger partial charge in [0.25, 0.3) is 5.91 Å². The van der Waals surface area contributed by atoms with Crippen molar-refractivity contribution in [2.45, 2.75) is 6.54 Å². The summed E-state index contributed by atoms with van der Waals surface area (Å²) in [6.45, 7) is 0.884. The Morgan fingerprint density at radius 3 is 2.24 bits per heavy atom. The Kier molecular flexibility index (Phi) is 5.16. The lowest BCUT2D eigenvalue weighted by atomic mass is 10.1. The van der Waals surface area contributed by atoms with Gasteiger partial charge in [0.05, 0.1) is 6.54 Å². The lowest BCUT2D eigenvalue weighted by Crippen LogP contribution is -2.30.